The summed E-state index contributed by atoms with van der Waals surface area (Å²) in [6, 6.07) is 0. The van der Waals surface area contributed by atoms with Crippen LogP contribution in [0.2, 0.25) is 0 Å². The van der Waals surface area contributed by atoms with Crippen LogP contribution in [0, 0.1) is 17.8 Å². The van der Waals surface area contributed by atoms with Crippen molar-refractivity contribution in [2.75, 3.05) is 0 Å². The number of aliphatic carboxylic acids is 1. The van der Waals surface area contributed by atoms with Crippen LogP contribution in [0.3, 0.4) is 0 Å². The molecule has 2 bridgehead atoms. The van der Waals surface area contributed by atoms with Crippen molar-refractivity contribution in [2.24, 2.45) is 17.8 Å². The maximum atomic E-state index is 10.7. The van der Waals surface area contributed by atoms with Crippen molar-refractivity contribution in [3.63, 3.8) is 0 Å². The van der Waals surface area contributed by atoms with E-state index in [-0.39, 0.29) is 11.8 Å². The van der Waals surface area contributed by atoms with E-state index in [1.807, 2.05) is 6.08 Å². The fraction of sp³-hybridized carbons (Fsp3) is 0.444. The van der Waals surface area contributed by atoms with Gasteiger partial charge in [-0.2, -0.15) is 0 Å². The molecule has 0 amide bonds. The molecule has 0 aromatic rings. The van der Waals surface area contributed by atoms with Gasteiger partial charge in [-0.05, 0) is 18.3 Å². The lowest BCUT2D eigenvalue weighted by atomic mass is 9.90. The minimum absolute atomic E-state index is 0.227. The van der Waals surface area contributed by atoms with Crippen LogP contribution in [0.5, 0.6) is 0 Å². The summed E-state index contributed by atoms with van der Waals surface area (Å²) in [5, 5.41) is 8.81. The lowest BCUT2D eigenvalue weighted by molar-refractivity contribution is -0.141. The molecule has 0 saturated heterocycles. The van der Waals surface area contributed by atoms with Crippen molar-refractivity contribution in [1.82, 2.24) is 0 Å². The van der Waals surface area contributed by atoms with Gasteiger partial charge in [0.05, 0.1) is 5.92 Å². The molecule has 2 nitrogen and oxygen atoms in total. The topological polar surface area (TPSA) is 37.3 Å². The van der Waals surface area contributed by atoms with Gasteiger partial charge >= 0.3 is 5.97 Å². The molecule has 58 valence electrons. The Morgan fingerprint density at radius 3 is 2.73 bits per heavy atom. The van der Waals surface area contributed by atoms with Gasteiger partial charge in [0.25, 0.3) is 0 Å². The maximum absolute atomic E-state index is 10.7. The molecule has 2 aliphatic carbocycles. The number of carbonyl (C=O) groups is 1. The number of hydrogen-bond acceptors (Lipinski definition) is 1. The zero-order valence-electron chi connectivity index (χ0n) is 6.16. The van der Waals surface area contributed by atoms with Crippen molar-refractivity contribution >= 4 is 5.97 Å². The predicted molar refractivity (Wildman–Crippen MR) is 41.0 cm³/mol. The lowest BCUT2D eigenvalue weighted by Gasteiger charge is -2.14. The molecule has 2 heteroatoms. The minimum Gasteiger partial charge on any atom is -0.481 e. The van der Waals surface area contributed by atoms with Gasteiger partial charge in [0.15, 0.2) is 0 Å². The van der Waals surface area contributed by atoms with Gasteiger partial charge in [0.2, 0.25) is 0 Å². The third kappa shape index (κ3) is 0.754. The van der Waals surface area contributed by atoms with E-state index >= 15 is 0 Å². The molecular formula is C9H10O2. The molecule has 1 saturated carbocycles. The van der Waals surface area contributed by atoms with Crippen LogP contribution >= 0.6 is 0 Å². The molecule has 0 spiro atoms. The fourth-order valence-corrected chi connectivity index (χ4v) is 2.10. The molecule has 11 heavy (non-hydrogen) atoms. The monoisotopic (exact) mass is 150 g/mol. The van der Waals surface area contributed by atoms with E-state index in [9.17, 15) is 4.79 Å². The minimum atomic E-state index is -0.716. The summed E-state index contributed by atoms with van der Waals surface area (Å²) in [6.07, 6.45) is 5.06. The smallest absolute Gasteiger partial charge is 0.311 e. The number of hydrogen-bond donors (Lipinski definition) is 1. The molecule has 1 N–H and O–H groups in total. The lowest BCUT2D eigenvalue weighted by Crippen LogP contribution is -2.19. The van der Waals surface area contributed by atoms with Crippen LogP contribution in [0.4, 0.5) is 0 Å². The average molecular weight is 150 g/mol. The van der Waals surface area contributed by atoms with E-state index in [1.54, 1.807) is 0 Å². The number of fused-ring (bicyclic) bond motifs is 2. The highest BCUT2D eigenvalue weighted by Gasteiger charge is 2.42. The first kappa shape index (κ1) is 6.65. The summed E-state index contributed by atoms with van der Waals surface area (Å²) in [6.45, 7) is 3.81. The fourth-order valence-electron chi connectivity index (χ4n) is 2.10. The second-order valence-corrected chi connectivity index (χ2v) is 3.28. The third-order valence-corrected chi connectivity index (χ3v) is 2.69. The molecule has 3 atom stereocenters. The molecule has 0 aromatic heterocycles. The molecule has 2 rings (SSSR count). The summed E-state index contributed by atoms with van der Waals surface area (Å²) in [5.74, 6) is -0.442. The molecule has 2 aliphatic rings. The zero-order chi connectivity index (χ0) is 8.01. The molecule has 0 aliphatic heterocycles. The SMILES string of the molecule is C=C1[C@H](C(=O)O)[C@@H]2C=C[C@H]1C2. The number of carboxylic acid groups (broad SMARTS) is 1. The standard InChI is InChI=1S/C9H10O2/c1-5-6-2-3-7(4-6)8(5)9(10)11/h2-3,6-8H,1,4H2,(H,10,11)/t6-,7+,8-/m0/s1. The number of rotatable bonds is 1. The van der Waals surface area contributed by atoms with E-state index in [1.165, 1.54) is 0 Å². The van der Waals surface area contributed by atoms with E-state index < -0.39 is 5.97 Å². The highest BCUT2D eigenvalue weighted by atomic mass is 16.4. The summed E-state index contributed by atoms with van der Waals surface area (Å²) in [7, 11) is 0. The van der Waals surface area contributed by atoms with Gasteiger partial charge < -0.3 is 5.11 Å². The summed E-state index contributed by atoms with van der Waals surface area (Å²) < 4.78 is 0. The van der Waals surface area contributed by atoms with Gasteiger partial charge in [-0.25, -0.2) is 0 Å². The van der Waals surface area contributed by atoms with Crippen LogP contribution in [0.25, 0.3) is 0 Å². The molecule has 1 fully saturated rings. The number of allylic oxidation sites excluding steroid dienone is 2. The van der Waals surface area contributed by atoms with Crippen molar-refractivity contribution in [3.8, 4) is 0 Å². The van der Waals surface area contributed by atoms with E-state index in [0.29, 0.717) is 5.92 Å². The van der Waals surface area contributed by atoms with Crippen molar-refractivity contribution in [1.29, 1.82) is 0 Å². The first-order valence-electron chi connectivity index (χ1n) is 3.80. The average Bonchev–Trinajstić information content (AvgIpc) is 2.44. The first-order valence-corrected chi connectivity index (χ1v) is 3.80. The van der Waals surface area contributed by atoms with Gasteiger partial charge in [-0.1, -0.05) is 24.3 Å². The van der Waals surface area contributed by atoms with E-state index in [2.05, 4.69) is 12.7 Å². The Kier molecular flexibility index (Phi) is 1.19. The third-order valence-electron chi connectivity index (χ3n) is 2.69. The summed E-state index contributed by atoms with van der Waals surface area (Å²) in [4.78, 5) is 10.7. The van der Waals surface area contributed by atoms with Crippen molar-refractivity contribution < 1.29 is 9.90 Å². The Bertz CT molecular complexity index is 252. The second-order valence-electron chi connectivity index (χ2n) is 3.28. The normalized spacial score (nSPS) is 40.0. The Morgan fingerprint density at radius 1 is 1.64 bits per heavy atom. The molecular weight excluding hydrogens is 140 g/mol. The van der Waals surface area contributed by atoms with Crippen LogP contribution in [0.1, 0.15) is 6.42 Å². The molecule has 0 radical (unpaired) electrons. The van der Waals surface area contributed by atoms with Crippen LogP contribution in [-0.4, -0.2) is 11.1 Å². The predicted octanol–water partition coefficient (Wildman–Crippen LogP) is 1.45. The first-order chi connectivity index (χ1) is 5.20. The quantitative estimate of drug-likeness (QED) is 0.574. The Balaban J connectivity index is 2.32. The Labute approximate surface area is 65.2 Å². The van der Waals surface area contributed by atoms with Crippen LogP contribution < -0.4 is 0 Å². The van der Waals surface area contributed by atoms with Gasteiger partial charge in [0, 0.05) is 0 Å². The van der Waals surface area contributed by atoms with Crippen molar-refractivity contribution in [3.05, 3.63) is 24.3 Å². The molecule has 0 aromatic carbocycles. The van der Waals surface area contributed by atoms with Crippen LogP contribution in [0.15, 0.2) is 24.3 Å². The van der Waals surface area contributed by atoms with E-state index in [0.717, 1.165) is 12.0 Å². The van der Waals surface area contributed by atoms with Gasteiger partial charge in [-0.3, -0.25) is 4.79 Å². The Hall–Kier alpha value is -1.05. The van der Waals surface area contributed by atoms with Gasteiger partial charge in [-0.15, -0.1) is 0 Å². The highest BCUT2D eigenvalue weighted by Crippen LogP contribution is 2.46. The van der Waals surface area contributed by atoms with Gasteiger partial charge in [0.1, 0.15) is 0 Å². The van der Waals surface area contributed by atoms with E-state index in [4.69, 9.17) is 5.11 Å². The molecule has 0 unspecified atom stereocenters. The summed E-state index contributed by atoms with van der Waals surface area (Å²) >= 11 is 0. The maximum Gasteiger partial charge on any atom is 0.311 e. The highest BCUT2D eigenvalue weighted by molar-refractivity contribution is 5.76. The molecule has 0 heterocycles. The second kappa shape index (κ2) is 1.97. The van der Waals surface area contributed by atoms with Crippen LogP contribution in [-0.2, 0) is 4.79 Å². The number of carboxylic acids is 1. The largest absolute Gasteiger partial charge is 0.481 e. The Morgan fingerprint density at radius 2 is 2.36 bits per heavy atom. The zero-order valence-corrected chi connectivity index (χ0v) is 6.16. The summed E-state index contributed by atoms with van der Waals surface area (Å²) in [5.41, 5.74) is 0.894. The van der Waals surface area contributed by atoms with Crippen molar-refractivity contribution in [2.45, 2.75) is 6.42 Å².